The fourth-order valence-corrected chi connectivity index (χ4v) is 1.71. The molecular weight excluding hydrogens is 263 g/mol. The number of halogens is 1. The van der Waals surface area contributed by atoms with Gasteiger partial charge in [0.15, 0.2) is 0 Å². The van der Waals surface area contributed by atoms with Gasteiger partial charge in [0.2, 0.25) is 5.91 Å². The van der Waals surface area contributed by atoms with Gasteiger partial charge in [0, 0.05) is 0 Å². The summed E-state index contributed by atoms with van der Waals surface area (Å²) in [4.78, 5) is 23.7. The van der Waals surface area contributed by atoms with Crippen molar-refractivity contribution in [1.29, 1.82) is 0 Å². The highest BCUT2D eigenvalue weighted by Crippen LogP contribution is 2.19. The Hall–Kier alpha value is -1.95. The number of methoxy groups -OCH3 is 1. The highest BCUT2D eigenvalue weighted by atomic mass is 19.1. The van der Waals surface area contributed by atoms with E-state index < -0.39 is 17.3 Å². The molecule has 0 unspecified atom stereocenters. The first-order valence-electron chi connectivity index (χ1n) is 6.26. The largest absolute Gasteiger partial charge is 0.465 e. The smallest absolute Gasteiger partial charge is 0.339 e. The standard InChI is InChI=1S/C14H19FN2O3/c1-5-16-14(2,3)13(19)17-11-8-9(15)6-7-10(11)12(18)20-4/h6-8,16H,5H2,1-4H3,(H,17,19). The first-order chi connectivity index (χ1) is 9.31. The Bertz CT molecular complexity index is 515. The van der Waals surface area contributed by atoms with Crippen LogP contribution >= 0.6 is 0 Å². The van der Waals surface area contributed by atoms with Crippen LogP contribution < -0.4 is 10.6 Å². The number of benzene rings is 1. The maximum absolute atomic E-state index is 13.3. The van der Waals surface area contributed by atoms with Crippen LogP contribution in [0, 0.1) is 5.82 Å². The van der Waals surface area contributed by atoms with Crippen LogP contribution in [0.2, 0.25) is 0 Å². The van der Waals surface area contributed by atoms with Crippen LogP contribution in [0.4, 0.5) is 10.1 Å². The molecule has 0 saturated heterocycles. The van der Waals surface area contributed by atoms with E-state index in [-0.39, 0.29) is 17.2 Å². The van der Waals surface area contributed by atoms with E-state index in [1.807, 2.05) is 6.92 Å². The maximum Gasteiger partial charge on any atom is 0.339 e. The number of hydrogen-bond donors (Lipinski definition) is 2. The Morgan fingerprint density at radius 2 is 2.00 bits per heavy atom. The second-order valence-electron chi connectivity index (χ2n) is 4.79. The molecular formula is C14H19FN2O3. The van der Waals surface area contributed by atoms with E-state index in [9.17, 15) is 14.0 Å². The summed E-state index contributed by atoms with van der Waals surface area (Å²) < 4.78 is 17.9. The average Bonchev–Trinajstić information content (AvgIpc) is 2.38. The zero-order valence-corrected chi connectivity index (χ0v) is 12.0. The molecule has 0 radical (unpaired) electrons. The molecule has 0 heterocycles. The zero-order chi connectivity index (χ0) is 15.3. The van der Waals surface area contributed by atoms with Crippen molar-refractivity contribution in [1.82, 2.24) is 5.32 Å². The zero-order valence-electron chi connectivity index (χ0n) is 12.0. The van der Waals surface area contributed by atoms with E-state index in [0.29, 0.717) is 6.54 Å². The predicted molar refractivity (Wildman–Crippen MR) is 74.1 cm³/mol. The van der Waals surface area contributed by atoms with Gasteiger partial charge in [-0.15, -0.1) is 0 Å². The quantitative estimate of drug-likeness (QED) is 0.810. The van der Waals surface area contributed by atoms with Crippen LogP contribution in [0.15, 0.2) is 18.2 Å². The monoisotopic (exact) mass is 282 g/mol. The summed E-state index contributed by atoms with van der Waals surface area (Å²) in [5.74, 6) is -1.55. The van der Waals surface area contributed by atoms with Gasteiger partial charge in [-0.1, -0.05) is 6.92 Å². The summed E-state index contributed by atoms with van der Waals surface area (Å²) in [5.41, 5.74) is -0.642. The fourth-order valence-electron chi connectivity index (χ4n) is 1.71. The van der Waals surface area contributed by atoms with E-state index in [4.69, 9.17) is 0 Å². The molecule has 6 heteroatoms. The predicted octanol–water partition coefficient (Wildman–Crippen LogP) is 1.94. The van der Waals surface area contributed by atoms with Crippen molar-refractivity contribution < 1.29 is 18.7 Å². The Labute approximate surface area is 117 Å². The van der Waals surface area contributed by atoms with Crippen molar-refractivity contribution in [3.63, 3.8) is 0 Å². The number of carbonyl (C=O) groups excluding carboxylic acids is 2. The summed E-state index contributed by atoms with van der Waals surface area (Å²) in [5, 5.41) is 5.55. The van der Waals surface area contributed by atoms with Crippen LogP contribution in [0.3, 0.4) is 0 Å². The van der Waals surface area contributed by atoms with Gasteiger partial charge in [-0.25, -0.2) is 9.18 Å². The summed E-state index contributed by atoms with van der Waals surface area (Å²) in [6.07, 6.45) is 0. The first kappa shape index (κ1) is 16.1. The minimum absolute atomic E-state index is 0.0906. The van der Waals surface area contributed by atoms with Crippen LogP contribution in [0.1, 0.15) is 31.1 Å². The molecule has 2 N–H and O–H groups in total. The Kier molecular flexibility index (Phi) is 5.21. The van der Waals surface area contributed by atoms with Gasteiger partial charge in [0.05, 0.1) is 23.9 Å². The molecule has 0 aromatic heterocycles. The molecule has 0 fully saturated rings. The molecule has 0 spiro atoms. The molecule has 20 heavy (non-hydrogen) atoms. The third kappa shape index (κ3) is 3.77. The lowest BCUT2D eigenvalue weighted by molar-refractivity contribution is -0.121. The third-order valence-corrected chi connectivity index (χ3v) is 2.82. The van der Waals surface area contributed by atoms with E-state index in [1.165, 1.54) is 13.2 Å². The second-order valence-corrected chi connectivity index (χ2v) is 4.79. The minimum Gasteiger partial charge on any atom is -0.465 e. The number of amides is 1. The molecule has 0 aliphatic rings. The van der Waals surface area contributed by atoms with Crippen molar-refractivity contribution in [2.24, 2.45) is 0 Å². The van der Waals surface area contributed by atoms with Crippen molar-refractivity contribution >= 4 is 17.6 Å². The van der Waals surface area contributed by atoms with Gasteiger partial charge >= 0.3 is 5.97 Å². The van der Waals surface area contributed by atoms with E-state index in [1.54, 1.807) is 13.8 Å². The van der Waals surface area contributed by atoms with E-state index >= 15 is 0 Å². The number of hydrogen-bond acceptors (Lipinski definition) is 4. The van der Waals surface area contributed by atoms with Crippen molar-refractivity contribution in [2.45, 2.75) is 26.3 Å². The molecule has 0 aliphatic heterocycles. The van der Waals surface area contributed by atoms with Gasteiger partial charge in [0.25, 0.3) is 0 Å². The van der Waals surface area contributed by atoms with Gasteiger partial charge in [0.1, 0.15) is 5.82 Å². The number of carbonyl (C=O) groups is 2. The number of rotatable bonds is 5. The molecule has 1 aromatic rings. The molecule has 0 atom stereocenters. The lowest BCUT2D eigenvalue weighted by atomic mass is 10.0. The van der Waals surface area contributed by atoms with Gasteiger partial charge in [-0.3, -0.25) is 4.79 Å². The molecule has 1 aromatic carbocycles. The van der Waals surface area contributed by atoms with Crippen molar-refractivity contribution in [3.8, 4) is 0 Å². The average molecular weight is 282 g/mol. The number of nitrogens with one attached hydrogen (secondary N) is 2. The Morgan fingerprint density at radius 1 is 1.35 bits per heavy atom. The summed E-state index contributed by atoms with van der Waals surface area (Å²) in [7, 11) is 1.22. The summed E-state index contributed by atoms with van der Waals surface area (Å²) in [6, 6.07) is 3.50. The van der Waals surface area contributed by atoms with Crippen LogP contribution in [-0.2, 0) is 9.53 Å². The molecule has 5 nitrogen and oxygen atoms in total. The topological polar surface area (TPSA) is 67.4 Å². The van der Waals surface area contributed by atoms with Gasteiger partial charge in [-0.05, 0) is 38.6 Å². The number of esters is 1. The van der Waals surface area contributed by atoms with Gasteiger partial charge < -0.3 is 15.4 Å². The molecule has 110 valence electrons. The Balaban J connectivity index is 3.05. The van der Waals surface area contributed by atoms with Crippen molar-refractivity contribution in [2.75, 3.05) is 19.0 Å². The number of anilines is 1. The second kappa shape index (κ2) is 6.47. The van der Waals surface area contributed by atoms with Gasteiger partial charge in [-0.2, -0.15) is 0 Å². The lowest BCUT2D eigenvalue weighted by Crippen LogP contribution is -2.49. The summed E-state index contributed by atoms with van der Waals surface area (Å²) in [6.45, 7) is 5.87. The summed E-state index contributed by atoms with van der Waals surface area (Å²) >= 11 is 0. The van der Waals surface area contributed by atoms with Crippen LogP contribution in [0.25, 0.3) is 0 Å². The minimum atomic E-state index is -0.839. The van der Waals surface area contributed by atoms with Crippen LogP contribution in [0.5, 0.6) is 0 Å². The molecule has 1 amide bonds. The van der Waals surface area contributed by atoms with E-state index in [2.05, 4.69) is 15.4 Å². The van der Waals surface area contributed by atoms with Crippen LogP contribution in [-0.4, -0.2) is 31.1 Å². The highest BCUT2D eigenvalue weighted by Gasteiger charge is 2.27. The Morgan fingerprint density at radius 3 is 2.55 bits per heavy atom. The number of ether oxygens (including phenoxy) is 1. The number of likely N-dealkylation sites (N-methyl/N-ethyl adjacent to an activating group) is 1. The van der Waals surface area contributed by atoms with Crippen molar-refractivity contribution in [3.05, 3.63) is 29.6 Å². The molecule has 0 saturated carbocycles. The SMILES string of the molecule is CCNC(C)(C)C(=O)Nc1cc(F)ccc1C(=O)OC. The third-order valence-electron chi connectivity index (χ3n) is 2.82. The molecule has 0 bridgehead atoms. The molecule has 0 aliphatic carbocycles. The highest BCUT2D eigenvalue weighted by molar-refractivity contribution is 6.03. The van der Waals surface area contributed by atoms with E-state index in [0.717, 1.165) is 12.1 Å². The maximum atomic E-state index is 13.3. The normalized spacial score (nSPS) is 11.1. The fraction of sp³-hybridized carbons (Fsp3) is 0.429. The molecule has 1 rings (SSSR count). The lowest BCUT2D eigenvalue weighted by Gasteiger charge is -2.25. The first-order valence-corrected chi connectivity index (χ1v) is 6.26.